The molecule has 9 heteroatoms. The van der Waals surface area contributed by atoms with Crippen LogP contribution in [0.1, 0.15) is 45.6 Å². The van der Waals surface area contributed by atoms with E-state index in [1.54, 1.807) is 12.1 Å². The fourth-order valence-electron chi connectivity index (χ4n) is 3.63. The van der Waals surface area contributed by atoms with Crippen LogP contribution in [0.3, 0.4) is 0 Å². The van der Waals surface area contributed by atoms with Crippen LogP contribution in [-0.2, 0) is 15.9 Å². The van der Waals surface area contributed by atoms with Crippen molar-refractivity contribution in [2.75, 3.05) is 0 Å². The van der Waals surface area contributed by atoms with Crippen molar-refractivity contribution in [3.05, 3.63) is 28.9 Å². The van der Waals surface area contributed by atoms with Crippen LogP contribution in [0.5, 0.6) is 0 Å². The summed E-state index contributed by atoms with van der Waals surface area (Å²) in [5.41, 5.74) is 0.568. The molecule has 1 saturated heterocycles. The maximum atomic E-state index is 12.8. The molecule has 1 aromatic heterocycles. The van der Waals surface area contributed by atoms with Gasteiger partial charge in [-0.1, -0.05) is 17.7 Å². The van der Waals surface area contributed by atoms with Gasteiger partial charge in [0.05, 0.1) is 16.7 Å². The molecule has 27 heavy (non-hydrogen) atoms. The van der Waals surface area contributed by atoms with Crippen LogP contribution in [0.25, 0.3) is 10.9 Å². The van der Waals surface area contributed by atoms with Crippen LogP contribution in [0.4, 0.5) is 13.2 Å². The molecule has 1 aliphatic carbocycles. The predicted molar refractivity (Wildman–Crippen MR) is 98.0 cm³/mol. The zero-order valence-corrected chi connectivity index (χ0v) is 16.4. The fourth-order valence-corrected chi connectivity index (χ4v) is 3.88. The van der Waals surface area contributed by atoms with Gasteiger partial charge < -0.3 is 9.31 Å². The second-order valence-corrected chi connectivity index (χ2v) is 8.83. The number of hydrogen-bond donors (Lipinski definition) is 0. The molecule has 1 aliphatic heterocycles. The van der Waals surface area contributed by atoms with E-state index in [0.29, 0.717) is 10.9 Å². The zero-order chi connectivity index (χ0) is 19.8. The minimum absolute atomic E-state index is 0.0825. The number of alkyl halides is 3. The lowest BCUT2D eigenvalue weighted by molar-refractivity contribution is -0.141. The average molecular weight is 401 g/mol. The zero-order valence-electron chi connectivity index (χ0n) is 15.6. The lowest BCUT2D eigenvalue weighted by Crippen LogP contribution is -2.41. The third-order valence-corrected chi connectivity index (χ3v) is 6.23. The summed E-state index contributed by atoms with van der Waals surface area (Å²) in [6.07, 6.45) is -3.48. The van der Waals surface area contributed by atoms with E-state index in [2.05, 4.69) is 5.10 Å². The molecule has 0 radical (unpaired) electrons. The monoisotopic (exact) mass is 400 g/mol. The Kier molecular flexibility index (Phi) is 4.15. The predicted octanol–water partition coefficient (Wildman–Crippen LogP) is 5.20. The molecule has 1 saturated carbocycles. The van der Waals surface area contributed by atoms with Crippen molar-refractivity contribution in [1.29, 1.82) is 0 Å². The van der Waals surface area contributed by atoms with Gasteiger partial charge in [0.2, 0.25) is 0 Å². The molecule has 146 valence electrons. The van der Waals surface area contributed by atoms with Crippen molar-refractivity contribution in [3.63, 3.8) is 0 Å². The number of nitrogens with zero attached hydrogens (tertiary/aromatic N) is 2. The van der Waals surface area contributed by atoms with Crippen molar-refractivity contribution in [2.24, 2.45) is 0 Å². The first kappa shape index (κ1) is 19.1. The van der Waals surface area contributed by atoms with Crippen LogP contribution < -0.4 is 0 Å². The van der Waals surface area contributed by atoms with E-state index in [-0.39, 0.29) is 24.0 Å². The van der Waals surface area contributed by atoms with Gasteiger partial charge in [-0.25, -0.2) is 0 Å². The molecule has 2 aromatic rings. The molecule has 2 atom stereocenters. The molecule has 4 nitrogen and oxygen atoms in total. The van der Waals surface area contributed by atoms with Gasteiger partial charge >= 0.3 is 13.3 Å². The molecule has 2 fully saturated rings. The van der Waals surface area contributed by atoms with Crippen molar-refractivity contribution in [1.82, 2.24) is 9.78 Å². The number of rotatable bonds is 3. The SMILES string of the molecule is CC1(C)OB([C@H]2C[C@@H]2c2ccc3c(Cl)nn(CC(F)(F)F)c3c2)OC1(C)C. The maximum absolute atomic E-state index is 12.8. The van der Waals surface area contributed by atoms with Crippen LogP contribution in [-0.4, -0.2) is 34.3 Å². The highest BCUT2D eigenvalue weighted by molar-refractivity contribution is 6.49. The Morgan fingerprint density at radius 3 is 2.44 bits per heavy atom. The number of hydrogen-bond acceptors (Lipinski definition) is 3. The number of halogens is 4. The van der Waals surface area contributed by atoms with Crippen molar-refractivity contribution in [3.8, 4) is 0 Å². The summed E-state index contributed by atoms with van der Waals surface area (Å²) in [5.74, 6) is 0.384. The van der Waals surface area contributed by atoms with Gasteiger partial charge in [-0.15, -0.1) is 0 Å². The van der Waals surface area contributed by atoms with Crippen LogP contribution in [0, 0.1) is 0 Å². The molecule has 2 aliphatic rings. The van der Waals surface area contributed by atoms with E-state index in [0.717, 1.165) is 16.7 Å². The molecule has 0 bridgehead atoms. The summed E-state index contributed by atoms with van der Waals surface area (Å²) >= 11 is 6.01. The molecular weight excluding hydrogens is 379 g/mol. The Bertz CT molecular complexity index is 881. The smallest absolute Gasteiger partial charge is 0.403 e. The lowest BCUT2D eigenvalue weighted by Gasteiger charge is -2.32. The summed E-state index contributed by atoms with van der Waals surface area (Å²) in [4.78, 5) is 0. The summed E-state index contributed by atoms with van der Waals surface area (Å²) in [7, 11) is -0.306. The normalized spacial score (nSPS) is 26.7. The summed E-state index contributed by atoms with van der Waals surface area (Å²) < 4.78 is 51.6. The number of fused-ring (bicyclic) bond motifs is 1. The minimum atomic E-state index is -4.36. The van der Waals surface area contributed by atoms with Gasteiger partial charge in [-0.2, -0.15) is 18.3 Å². The summed E-state index contributed by atoms with van der Waals surface area (Å²) in [6, 6.07) is 5.41. The van der Waals surface area contributed by atoms with Gasteiger partial charge in [0, 0.05) is 11.2 Å². The van der Waals surface area contributed by atoms with Gasteiger partial charge in [-0.05, 0) is 57.7 Å². The standard InChI is InChI=1S/C18H21BClF3N2O2/c1-16(2)17(3,4)27-19(26-16)13-8-12(13)10-5-6-11-14(7-10)25(24-15(11)20)9-18(21,22)23/h5-7,12-13H,8-9H2,1-4H3/t12-,13+/m1/s1. The lowest BCUT2D eigenvalue weighted by atomic mass is 9.79. The van der Waals surface area contributed by atoms with E-state index in [9.17, 15) is 13.2 Å². The molecule has 0 N–H and O–H groups in total. The van der Waals surface area contributed by atoms with Gasteiger partial charge in [0.15, 0.2) is 5.15 Å². The van der Waals surface area contributed by atoms with E-state index < -0.39 is 23.9 Å². The molecule has 4 rings (SSSR count). The summed E-state index contributed by atoms with van der Waals surface area (Å²) in [6.45, 7) is 6.87. The Balaban J connectivity index is 1.58. The summed E-state index contributed by atoms with van der Waals surface area (Å²) in [5, 5.41) is 4.45. The Hall–Kier alpha value is -1.25. The Morgan fingerprint density at radius 2 is 1.85 bits per heavy atom. The Morgan fingerprint density at radius 1 is 1.22 bits per heavy atom. The highest BCUT2D eigenvalue weighted by Gasteiger charge is 2.59. The topological polar surface area (TPSA) is 36.3 Å². The number of benzene rings is 1. The van der Waals surface area contributed by atoms with E-state index >= 15 is 0 Å². The minimum Gasteiger partial charge on any atom is -0.403 e. The maximum Gasteiger partial charge on any atom is 0.461 e. The molecule has 1 aromatic carbocycles. The van der Waals surface area contributed by atoms with Crippen molar-refractivity contribution < 1.29 is 22.5 Å². The first-order valence-corrected chi connectivity index (χ1v) is 9.34. The second-order valence-electron chi connectivity index (χ2n) is 8.47. The quantitative estimate of drug-likeness (QED) is 0.664. The molecule has 0 spiro atoms. The van der Waals surface area contributed by atoms with E-state index in [1.165, 1.54) is 0 Å². The van der Waals surface area contributed by atoms with Gasteiger partial charge in [0.1, 0.15) is 6.54 Å². The van der Waals surface area contributed by atoms with Crippen LogP contribution in [0.2, 0.25) is 11.0 Å². The van der Waals surface area contributed by atoms with Crippen molar-refractivity contribution >= 4 is 29.6 Å². The van der Waals surface area contributed by atoms with E-state index in [1.807, 2.05) is 33.8 Å². The number of aromatic nitrogens is 2. The Labute approximate surface area is 161 Å². The highest BCUT2D eigenvalue weighted by atomic mass is 35.5. The third-order valence-electron chi connectivity index (χ3n) is 5.95. The molecule has 0 amide bonds. The van der Waals surface area contributed by atoms with Gasteiger partial charge in [0.25, 0.3) is 0 Å². The largest absolute Gasteiger partial charge is 0.461 e. The van der Waals surface area contributed by atoms with Crippen LogP contribution in [0.15, 0.2) is 18.2 Å². The van der Waals surface area contributed by atoms with Crippen LogP contribution >= 0.6 is 11.6 Å². The van der Waals surface area contributed by atoms with Crippen molar-refractivity contribution in [2.45, 2.75) is 69.8 Å². The fraction of sp³-hybridized carbons (Fsp3) is 0.611. The molecule has 0 unspecified atom stereocenters. The first-order chi connectivity index (χ1) is 12.4. The first-order valence-electron chi connectivity index (χ1n) is 8.96. The highest BCUT2D eigenvalue weighted by Crippen LogP contribution is 2.58. The average Bonchev–Trinajstić information content (AvgIpc) is 3.21. The van der Waals surface area contributed by atoms with Gasteiger partial charge in [-0.3, -0.25) is 4.68 Å². The molecular formula is C18H21BClF3N2O2. The second kappa shape index (κ2) is 5.88. The van der Waals surface area contributed by atoms with E-state index in [4.69, 9.17) is 20.9 Å². The third kappa shape index (κ3) is 3.36. The molecule has 2 heterocycles.